The molecule has 9 nitrogen and oxygen atoms in total. The molecule has 0 radical (unpaired) electrons. The zero-order chi connectivity index (χ0) is 17.6. The maximum absolute atomic E-state index is 11.0. The van der Waals surface area contributed by atoms with Gasteiger partial charge >= 0.3 is 0 Å². The number of hydrogen-bond acceptors (Lipinski definition) is 9. The zero-order valence-corrected chi connectivity index (χ0v) is 13.8. The largest absolute Gasteiger partial charge is 0.395 e. The number of aliphatic hydroxyl groups excluding tert-OH is 1. The Kier molecular flexibility index (Phi) is 5.21. The number of hydrogen-bond donors (Lipinski definition) is 3. The second-order valence-corrected chi connectivity index (χ2v) is 5.93. The maximum atomic E-state index is 11.0. The number of anilines is 2. The topological polar surface area (TPSA) is 126 Å². The lowest BCUT2D eigenvalue weighted by atomic mass is 10.2. The number of aliphatic hydroxyl groups is 1. The van der Waals surface area contributed by atoms with Gasteiger partial charge in [-0.3, -0.25) is 10.1 Å². The maximum Gasteiger partial charge on any atom is 0.271 e. The molecular weight excluding hydrogens is 346 g/mol. The predicted molar refractivity (Wildman–Crippen MR) is 93.6 cm³/mol. The van der Waals surface area contributed by atoms with Crippen molar-refractivity contribution in [3.8, 4) is 10.7 Å². The average molecular weight is 361 g/mol. The molecule has 0 atom stereocenters. The quantitative estimate of drug-likeness (QED) is 0.413. The van der Waals surface area contributed by atoms with Gasteiger partial charge in [-0.05, 0) is 17.5 Å². The highest BCUT2D eigenvalue weighted by Gasteiger charge is 2.13. The van der Waals surface area contributed by atoms with E-state index in [2.05, 4.69) is 20.8 Å². The van der Waals surface area contributed by atoms with E-state index in [9.17, 15) is 10.1 Å². The van der Waals surface area contributed by atoms with Crippen molar-refractivity contribution in [1.29, 1.82) is 0 Å². The monoisotopic (exact) mass is 361 g/mol. The molecule has 10 heteroatoms. The summed E-state index contributed by atoms with van der Waals surface area (Å²) in [6.07, 6.45) is 0. The lowest BCUT2D eigenvalue weighted by molar-refractivity contribution is -0.384. The lowest BCUT2D eigenvalue weighted by Crippen LogP contribution is -2.09. The van der Waals surface area contributed by atoms with Crippen LogP contribution in [0, 0.1) is 10.1 Å². The number of non-ortho nitro benzene ring substituents is 1. The summed E-state index contributed by atoms with van der Waals surface area (Å²) < 4.78 is 5.20. The van der Waals surface area contributed by atoms with Crippen LogP contribution in [0.15, 0.2) is 40.2 Å². The molecule has 0 saturated carbocycles. The van der Waals surface area contributed by atoms with Gasteiger partial charge in [0.15, 0.2) is 0 Å². The molecule has 0 fully saturated rings. The number of aromatic nitrogens is 2. The number of rotatable bonds is 8. The zero-order valence-electron chi connectivity index (χ0n) is 13.0. The van der Waals surface area contributed by atoms with Crippen molar-refractivity contribution in [2.75, 3.05) is 23.8 Å². The van der Waals surface area contributed by atoms with Crippen LogP contribution in [0.4, 0.5) is 17.1 Å². The molecule has 0 amide bonds. The van der Waals surface area contributed by atoms with Crippen LogP contribution < -0.4 is 10.6 Å². The van der Waals surface area contributed by atoms with E-state index in [-0.39, 0.29) is 18.8 Å². The van der Waals surface area contributed by atoms with E-state index in [1.807, 2.05) is 17.5 Å². The highest BCUT2D eigenvalue weighted by molar-refractivity contribution is 7.13. The molecule has 0 spiro atoms. The van der Waals surface area contributed by atoms with Gasteiger partial charge in [0.1, 0.15) is 0 Å². The number of benzene rings is 1. The number of nitro groups is 1. The highest BCUT2D eigenvalue weighted by Crippen LogP contribution is 2.28. The Morgan fingerprint density at radius 1 is 1.28 bits per heavy atom. The summed E-state index contributed by atoms with van der Waals surface area (Å²) in [5.74, 6) is 0.868. The van der Waals surface area contributed by atoms with Gasteiger partial charge in [-0.25, -0.2) is 0 Å². The first-order chi connectivity index (χ1) is 12.2. The summed E-state index contributed by atoms with van der Waals surface area (Å²) in [6.45, 7) is 0.493. The smallest absolute Gasteiger partial charge is 0.271 e. The molecule has 0 bridgehead atoms. The predicted octanol–water partition coefficient (Wildman–Crippen LogP) is 2.72. The summed E-state index contributed by atoms with van der Waals surface area (Å²) in [6, 6.07) is 8.18. The lowest BCUT2D eigenvalue weighted by Gasteiger charge is -2.12. The van der Waals surface area contributed by atoms with Crippen molar-refractivity contribution in [2.24, 2.45) is 0 Å². The van der Waals surface area contributed by atoms with E-state index in [1.54, 1.807) is 6.07 Å². The Hall–Kier alpha value is -2.98. The fraction of sp³-hybridized carbons (Fsp3) is 0.200. The first-order valence-electron chi connectivity index (χ1n) is 7.41. The molecule has 3 aromatic rings. The standard InChI is InChI=1S/C15H15N5O4S/c21-6-5-16-11-4-3-10(20(22)23)8-12(11)17-9-14-18-15(19-24-14)13-2-1-7-25-13/h1-4,7-8,16-17,21H,5-6,9H2. The molecule has 1 aromatic carbocycles. The van der Waals surface area contributed by atoms with Crippen LogP contribution in [0.3, 0.4) is 0 Å². The second kappa shape index (κ2) is 7.73. The van der Waals surface area contributed by atoms with Crippen LogP contribution in [0.5, 0.6) is 0 Å². The molecule has 0 aliphatic carbocycles. The average Bonchev–Trinajstić information content (AvgIpc) is 3.29. The van der Waals surface area contributed by atoms with Crippen LogP contribution in [0.25, 0.3) is 10.7 Å². The number of nitro benzene ring substituents is 1. The molecule has 0 saturated heterocycles. The molecule has 2 aromatic heterocycles. The van der Waals surface area contributed by atoms with Crippen molar-refractivity contribution in [3.05, 3.63) is 51.7 Å². The van der Waals surface area contributed by atoms with Gasteiger partial charge in [0.05, 0.1) is 34.3 Å². The van der Waals surface area contributed by atoms with E-state index in [0.29, 0.717) is 29.6 Å². The van der Waals surface area contributed by atoms with Gasteiger partial charge in [0.2, 0.25) is 11.7 Å². The van der Waals surface area contributed by atoms with Crippen molar-refractivity contribution in [3.63, 3.8) is 0 Å². The van der Waals surface area contributed by atoms with E-state index in [0.717, 1.165) is 4.88 Å². The van der Waals surface area contributed by atoms with Crippen molar-refractivity contribution in [1.82, 2.24) is 10.1 Å². The number of nitrogens with zero attached hydrogens (tertiary/aromatic N) is 3. The summed E-state index contributed by atoms with van der Waals surface area (Å²) in [5.41, 5.74) is 1.11. The van der Waals surface area contributed by atoms with E-state index in [4.69, 9.17) is 9.63 Å². The summed E-state index contributed by atoms with van der Waals surface area (Å²) in [4.78, 5) is 15.7. The van der Waals surface area contributed by atoms with E-state index >= 15 is 0 Å². The van der Waals surface area contributed by atoms with Crippen LogP contribution in [-0.2, 0) is 6.54 Å². The first-order valence-corrected chi connectivity index (χ1v) is 8.29. The van der Waals surface area contributed by atoms with E-state index in [1.165, 1.54) is 23.5 Å². The number of nitrogens with one attached hydrogen (secondary N) is 2. The molecule has 3 rings (SSSR count). The molecule has 3 N–H and O–H groups in total. The molecule has 0 aliphatic rings. The van der Waals surface area contributed by atoms with Crippen molar-refractivity contribution < 1.29 is 14.6 Å². The molecule has 0 unspecified atom stereocenters. The third kappa shape index (κ3) is 4.11. The van der Waals surface area contributed by atoms with Crippen LogP contribution in [0.2, 0.25) is 0 Å². The minimum Gasteiger partial charge on any atom is -0.395 e. The molecular formula is C15H15N5O4S. The Labute approximate surface area is 146 Å². The molecule has 0 aliphatic heterocycles. The molecule has 130 valence electrons. The third-order valence-electron chi connectivity index (χ3n) is 3.28. The Morgan fingerprint density at radius 3 is 2.88 bits per heavy atom. The first kappa shape index (κ1) is 16.9. The normalized spacial score (nSPS) is 10.6. The van der Waals surface area contributed by atoms with Gasteiger partial charge in [-0.2, -0.15) is 4.98 Å². The van der Waals surface area contributed by atoms with E-state index < -0.39 is 4.92 Å². The Bertz CT molecular complexity index is 849. The highest BCUT2D eigenvalue weighted by atomic mass is 32.1. The van der Waals surface area contributed by atoms with Gasteiger partial charge in [0.25, 0.3) is 5.69 Å². The van der Waals surface area contributed by atoms with Gasteiger partial charge in [-0.1, -0.05) is 11.2 Å². The van der Waals surface area contributed by atoms with Crippen molar-refractivity contribution in [2.45, 2.75) is 6.54 Å². The van der Waals surface area contributed by atoms with Crippen LogP contribution in [0.1, 0.15) is 5.89 Å². The fourth-order valence-corrected chi connectivity index (χ4v) is 2.79. The summed E-state index contributed by atoms with van der Waals surface area (Å²) in [7, 11) is 0. The minimum atomic E-state index is -0.470. The van der Waals surface area contributed by atoms with Gasteiger partial charge < -0.3 is 20.3 Å². The van der Waals surface area contributed by atoms with Gasteiger partial charge in [0, 0.05) is 18.7 Å². The SMILES string of the molecule is O=[N+]([O-])c1ccc(NCCO)c(NCc2nc(-c3cccs3)no2)c1. The minimum absolute atomic E-state index is 0.0400. The Morgan fingerprint density at radius 2 is 2.16 bits per heavy atom. The molecule has 2 heterocycles. The van der Waals surface area contributed by atoms with Crippen LogP contribution in [-0.4, -0.2) is 33.3 Å². The number of thiophene rings is 1. The third-order valence-corrected chi connectivity index (χ3v) is 4.15. The Balaban J connectivity index is 1.74. The molecule has 25 heavy (non-hydrogen) atoms. The van der Waals surface area contributed by atoms with Crippen molar-refractivity contribution >= 4 is 28.4 Å². The summed E-state index contributed by atoms with van der Waals surface area (Å²) in [5, 5.41) is 31.8. The fourth-order valence-electron chi connectivity index (χ4n) is 2.14. The van der Waals surface area contributed by atoms with Gasteiger partial charge in [-0.15, -0.1) is 11.3 Å². The second-order valence-electron chi connectivity index (χ2n) is 4.98. The summed E-state index contributed by atoms with van der Waals surface area (Å²) >= 11 is 1.51. The van der Waals surface area contributed by atoms with Crippen LogP contribution >= 0.6 is 11.3 Å².